The number of hydrogen-bond donors (Lipinski definition) is 1. The van der Waals surface area contributed by atoms with Crippen molar-refractivity contribution in [3.05, 3.63) is 35.9 Å². The minimum atomic E-state index is 0.196. The number of piperidine rings is 1. The highest BCUT2D eigenvalue weighted by Crippen LogP contribution is 2.36. The van der Waals surface area contributed by atoms with E-state index in [1.807, 2.05) is 0 Å². The first kappa shape index (κ1) is 14.1. The van der Waals surface area contributed by atoms with E-state index in [2.05, 4.69) is 47.2 Å². The second-order valence-electron chi connectivity index (χ2n) is 6.56. The normalized spacial score (nSPS) is 30.6. The highest BCUT2D eigenvalue weighted by molar-refractivity contribution is 5.15. The van der Waals surface area contributed by atoms with E-state index in [4.69, 9.17) is 5.73 Å². The van der Waals surface area contributed by atoms with Crippen LogP contribution in [0.1, 0.15) is 31.2 Å². The number of nitrogens with zero attached hydrogens (tertiary/aromatic N) is 2. The van der Waals surface area contributed by atoms with E-state index in [1.54, 1.807) is 0 Å². The van der Waals surface area contributed by atoms with E-state index in [0.29, 0.717) is 0 Å². The van der Waals surface area contributed by atoms with Gasteiger partial charge in [0.15, 0.2) is 0 Å². The van der Waals surface area contributed by atoms with Gasteiger partial charge in [-0.1, -0.05) is 30.3 Å². The van der Waals surface area contributed by atoms with Crippen LogP contribution in [0.25, 0.3) is 0 Å². The number of nitrogens with two attached hydrogens (primary N) is 1. The number of hydrogen-bond acceptors (Lipinski definition) is 3. The van der Waals surface area contributed by atoms with Gasteiger partial charge in [0.1, 0.15) is 0 Å². The highest BCUT2D eigenvalue weighted by atomic mass is 15.3. The third-order valence-electron chi connectivity index (χ3n) is 5.43. The molecule has 2 unspecified atom stereocenters. The Bertz CT molecular complexity index is 433. The first-order valence-electron chi connectivity index (χ1n) is 7.93. The SMILES string of the molecule is CN(Cc1ccccc1)C1(CN)CCN2CCCC2C1. The smallest absolute Gasteiger partial charge is 0.0359 e. The van der Waals surface area contributed by atoms with Crippen LogP contribution < -0.4 is 5.73 Å². The van der Waals surface area contributed by atoms with Crippen LogP contribution >= 0.6 is 0 Å². The van der Waals surface area contributed by atoms with Gasteiger partial charge in [-0.05, 0) is 44.8 Å². The van der Waals surface area contributed by atoms with Gasteiger partial charge in [0.05, 0.1) is 0 Å². The molecule has 2 aliphatic rings. The summed E-state index contributed by atoms with van der Waals surface area (Å²) in [5.41, 5.74) is 7.80. The fourth-order valence-corrected chi connectivity index (χ4v) is 4.03. The lowest BCUT2D eigenvalue weighted by Gasteiger charge is -2.49. The van der Waals surface area contributed by atoms with E-state index in [-0.39, 0.29) is 5.54 Å². The fourth-order valence-electron chi connectivity index (χ4n) is 4.03. The van der Waals surface area contributed by atoms with Crippen LogP contribution in [0.2, 0.25) is 0 Å². The molecular weight excluding hydrogens is 246 g/mol. The van der Waals surface area contributed by atoms with Gasteiger partial charge in [0.25, 0.3) is 0 Å². The predicted molar refractivity (Wildman–Crippen MR) is 83.5 cm³/mol. The molecule has 110 valence electrons. The van der Waals surface area contributed by atoms with Crippen molar-refractivity contribution in [1.82, 2.24) is 9.80 Å². The molecule has 3 heteroatoms. The Hall–Kier alpha value is -0.900. The Labute approximate surface area is 122 Å². The summed E-state index contributed by atoms with van der Waals surface area (Å²) in [5, 5.41) is 0. The van der Waals surface area contributed by atoms with Gasteiger partial charge in [-0.3, -0.25) is 4.90 Å². The van der Waals surface area contributed by atoms with Crippen molar-refractivity contribution in [3.63, 3.8) is 0 Å². The molecule has 3 nitrogen and oxygen atoms in total. The van der Waals surface area contributed by atoms with Gasteiger partial charge in [0, 0.05) is 31.2 Å². The van der Waals surface area contributed by atoms with Crippen molar-refractivity contribution in [2.75, 3.05) is 26.7 Å². The molecule has 0 saturated carbocycles. The molecule has 1 aromatic rings. The molecule has 0 radical (unpaired) electrons. The van der Waals surface area contributed by atoms with Crippen LogP contribution in [-0.4, -0.2) is 48.1 Å². The second kappa shape index (κ2) is 5.84. The van der Waals surface area contributed by atoms with E-state index < -0.39 is 0 Å². The molecule has 1 aromatic carbocycles. The molecule has 0 aliphatic carbocycles. The standard InChI is InChI=1S/C17H27N3/c1-19(13-15-6-3-2-4-7-15)17(14-18)9-11-20-10-5-8-16(20)12-17/h2-4,6-7,16H,5,8-14,18H2,1H3. The van der Waals surface area contributed by atoms with Crippen LogP contribution in [0.4, 0.5) is 0 Å². The second-order valence-corrected chi connectivity index (χ2v) is 6.56. The monoisotopic (exact) mass is 273 g/mol. The van der Waals surface area contributed by atoms with E-state index >= 15 is 0 Å². The molecule has 20 heavy (non-hydrogen) atoms. The zero-order valence-electron chi connectivity index (χ0n) is 12.6. The van der Waals surface area contributed by atoms with Crippen LogP contribution in [0, 0.1) is 0 Å². The lowest BCUT2D eigenvalue weighted by atomic mass is 9.81. The van der Waals surface area contributed by atoms with Crippen molar-refractivity contribution < 1.29 is 0 Å². The van der Waals surface area contributed by atoms with Crippen LogP contribution in [0.5, 0.6) is 0 Å². The lowest BCUT2D eigenvalue weighted by molar-refractivity contribution is 0.0220. The zero-order valence-corrected chi connectivity index (χ0v) is 12.6. The molecule has 2 atom stereocenters. The van der Waals surface area contributed by atoms with E-state index in [1.165, 1.54) is 44.3 Å². The minimum absolute atomic E-state index is 0.196. The molecule has 2 saturated heterocycles. The summed E-state index contributed by atoms with van der Waals surface area (Å²) in [6, 6.07) is 11.5. The number of likely N-dealkylation sites (N-methyl/N-ethyl adjacent to an activating group) is 1. The van der Waals surface area contributed by atoms with Gasteiger partial charge in [-0.25, -0.2) is 0 Å². The third kappa shape index (κ3) is 2.62. The summed E-state index contributed by atoms with van der Waals surface area (Å²) in [6.45, 7) is 4.31. The Balaban J connectivity index is 1.71. The van der Waals surface area contributed by atoms with Crippen molar-refractivity contribution >= 4 is 0 Å². The Morgan fingerprint density at radius 3 is 2.85 bits per heavy atom. The van der Waals surface area contributed by atoms with Crippen LogP contribution in [0.3, 0.4) is 0 Å². The van der Waals surface area contributed by atoms with Gasteiger partial charge < -0.3 is 10.6 Å². The lowest BCUT2D eigenvalue weighted by Crippen LogP contribution is -2.59. The molecule has 2 heterocycles. The maximum atomic E-state index is 6.22. The van der Waals surface area contributed by atoms with Crippen molar-refractivity contribution in [1.29, 1.82) is 0 Å². The first-order chi connectivity index (χ1) is 9.73. The molecule has 2 fully saturated rings. The molecule has 2 N–H and O–H groups in total. The molecule has 0 bridgehead atoms. The summed E-state index contributed by atoms with van der Waals surface area (Å²) in [6.07, 6.45) is 5.19. The van der Waals surface area contributed by atoms with Crippen LogP contribution in [0.15, 0.2) is 30.3 Å². The van der Waals surface area contributed by atoms with Crippen LogP contribution in [-0.2, 0) is 6.54 Å². The molecule has 2 aliphatic heterocycles. The summed E-state index contributed by atoms with van der Waals surface area (Å²) in [7, 11) is 2.25. The number of fused-ring (bicyclic) bond motifs is 1. The Kier molecular flexibility index (Phi) is 4.11. The molecule has 3 rings (SSSR count). The van der Waals surface area contributed by atoms with Crippen molar-refractivity contribution in [3.8, 4) is 0 Å². The summed E-state index contributed by atoms with van der Waals surface area (Å²) < 4.78 is 0. The highest BCUT2D eigenvalue weighted by Gasteiger charge is 2.42. The van der Waals surface area contributed by atoms with E-state index in [9.17, 15) is 0 Å². The van der Waals surface area contributed by atoms with Crippen molar-refractivity contribution in [2.45, 2.75) is 43.8 Å². The summed E-state index contributed by atoms with van der Waals surface area (Å²) in [4.78, 5) is 5.18. The topological polar surface area (TPSA) is 32.5 Å². The average molecular weight is 273 g/mol. The number of rotatable bonds is 4. The zero-order chi connectivity index (χ0) is 14.0. The van der Waals surface area contributed by atoms with Gasteiger partial charge in [-0.15, -0.1) is 0 Å². The maximum absolute atomic E-state index is 6.22. The fraction of sp³-hybridized carbons (Fsp3) is 0.647. The average Bonchev–Trinajstić information content (AvgIpc) is 2.95. The molecule has 0 aromatic heterocycles. The third-order valence-corrected chi connectivity index (χ3v) is 5.43. The molecule has 0 spiro atoms. The van der Waals surface area contributed by atoms with Gasteiger partial charge in [-0.2, -0.15) is 0 Å². The number of benzene rings is 1. The Morgan fingerprint density at radius 2 is 2.10 bits per heavy atom. The molecular formula is C17H27N3. The van der Waals surface area contributed by atoms with Crippen molar-refractivity contribution in [2.24, 2.45) is 5.73 Å². The predicted octanol–water partition coefficient (Wildman–Crippen LogP) is 2.07. The molecule has 0 amide bonds. The first-order valence-corrected chi connectivity index (χ1v) is 7.93. The minimum Gasteiger partial charge on any atom is -0.329 e. The quantitative estimate of drug-likeness (QED) is 0.911. The van der Waals surface area contributed by atoms with Gasteiger partial charge in [0.2, 0.25) is 0 Å². The summed E-state index contributed by atoms with van der Waals surface area (Å²) in [5.74, 6) is 0. The maximum Gasteiger partial charge on any atom is 0.0359 e. The largest absolute Gasteiger partial charge is 0.329 e. The van der Waals surface area contributed by atoms with Gasteiger partial charge >= 0.3 is 0 Å². The Morgan fingerprint density at radius 1 is 1.30 bits per heavy atom. The van der Waals surface area contributed by atoms with E-state index in [0.717, 1.165) is 19.1 Å². The summed E-state index contributed by atoms with van der Waals surface area (Å²) >= 11 is 0.